The lowest BCUT2D eigenvalue weighted by Gasteiger charge is -2.27. The largest absolute Gasteiger partial charge is 0.478 e. The second-order valence-electron chi connectivity index (χ2n) is 5.05. The van der Waals surface area contributed by atoms with E-state index >= 15 is 0 Å². The van der Waals surface area contributed by atoms with Gasteiger partial charge in [-0.25, -0.2) is 4.79 Å². The lowest BCUT2D eigenvalue weighted by atomic mass is 9.99. The van der Waals surface area contributed by atoms with Gasteiger partial charge in [0.15, 0.2) is 0 Å². The number of carboxylic acids is 1. The van der Waals surface area contributed by atoms with Crippen molar-refractivity contribution < 1.29 is 28.2 Å². The van der Waals surface area contributed by atoms with Crippen LogP contribution in [0.5, 0.6) is 0 Å². The van der Waals surface area contributed by atoms with Gasteiger partial charge in [-0.1, -0.05) is 0 Å². The summed E-state index contributed by atoms with van der Waals surface area (Å²) in [7, 11) is 0. The monoisotopic (exact) mass is 291 g/mol. The van der Waals surface area contributed by atoms with Crippen LogP contribution in [0.25, 0.3) is 0 Å². The molecule has 0 saturated carbocycles. The van der Waals surface area contributed by atoms with Crippen LogP contribution in [-0.2, 0) is 6.18 Å². The van der Waals surface area contributed by atoms with Crippen molar-refractivity contribution in [3.05, 3.63) is 29.3 Å². The van der Waals surface area contributed by atoms with E-state index in [1.54, 1.807) is 13.8 Å². The fourth-order valence-electron chi connectivity index (χ4n) is 1.78. The van der Waals surface area contributed by atoms with Crippen molar-refractivity contribution in [3.63, 3.8) is 0 Å². The average Bonchev–Trinajstić information content (AvgIpc) is 2.26. The Balaban J connectivity index is 3.17. The molecule has 1 aromatic rings. The van der Waals surface area contributed by atoms with Gasteiger partial charge in [-0.2, -0.15) is 13.2 Å². The van der Waals surface area contributed by atoms with Gasteiger partial charge in [0.1, 0.15) is 0 Å². The smallest absolute Gasteiger partial charge is 0.417 e. The van der Waals surface area contributed by atoms with Crippen molar-refractivity contribution in [1.82, 2.24) is 0 Å². The molecule has 0 aliphatic heterocycles. The van der Waals surface area contributed by atoms with Gasteiger partial charge in [0.05, 0.1) is 11.1 Å². The Bertz CT molecular complexity index is 498. The van der Waals surface area contributed by atoms with Crippen molar-refractivity contribution in [2.75, 3.05) is 11.9 Å². The fraction of sp³-hybridized carbons (Fsp3) is 0.462. The molecular weight excluding hydrogens is 275 g/mol. The predicted molar refractivity (Wildman–Crippen MR) is 67.8 cm³/mol. The minimum atomic E-state index is -4.74. The number of hydrogen-bond acceptors (Lipinski definition) is 3. The number of halogens is 3. The summed E-state index contributed by atoms with van der Waals surface area (Å²) in [5.74, 6) is -1.63. The minimum Gasteiger partial charge on any atom is -0.478 e. The van der Waals surface area contributed by atoms with Gasteiger partial charge in [-0.05, 0) is 38.5 Å². The number of anilines is 1. The van der Waals surface area contributed by atoms with Gasteiger partial charge in [0.2, 0.25) is 0 Å². The summed E-state index contributed by atoms with van der Waals surface area (Å²) in [6.07, 6.45) is -4.40. The third-order valence-corrected chi connectivity index (χ3v) is 2.77. The van der Waals surface area contributed by atoms with Crippen LogP contribution < -0.4 is 5.32 Å². The van der Waals surface area contributed by atoms with Gasteiger partial charge >= 0.3 is 12.1 Å². The molecule has 0 unspecified atom stereocenters. The summed E-state index contributed by atoms with van der Waals surface area (Å²) >= 11 is 0. The second-order valence-corrected chi connectivity index (χ2v) is 5.05. The number of benzene rings is 1. The first kappa shape index (κ1) is 16.3. The molecule has 0 atom stereocenters. The number of aromatic carboxylic acids is 1. The Labute approximate surface area is 114 Å². The van der Waals surface area contributed by atoms with Crippen molar-refractivity contribution in [1.29, 1.82) is 0 Å². The Kier molecular flexibility index (Phi) is 4.65. The number of rotatable bonds is 5. The molecular formula is C13H16F3NO3. The Hall–Kier alpha value is -1.76. The van der Waals surface area contributed by atoms with Crippen LogP contribution in [0, 0.1) is 0 Å². The second kappa shape index (κ2) is 5.70. The molecule has 0 fully saturated rings. The van der Waals surface area contributed by atoms with Crippen LogP contribution in [0.1, 0.15) is 36.2 Å². The van der Waals surface area contributed by atoms with E-state index in [1.807, 2.05) is 0 Å². The third kappa shape index (κ3) is 4.12. The lowest BCUT2D eigenvalue weighted by molar-refractivity contribution is -0.138. The molecule has 3 N–H and O–H groups in total. The van der Waals surface area contributed by atoms with Gasteiger partial charge in [-0.3, -0.25) is 0 Å². The van der Waals surface area contributed by atoms with E-state index in [4.69, 9.17) is 10.2 Å². The van der Waals surface area contributed by atoms with Crippen LogP contribution in [-0.4, -0.2) is 28.3 Å². The molecule has 4 nitrogen and oxygen atoms in total. The summed E-state index contributed by atoms with van der Waals surface area (Å²) in [6.45, 7) is 3.34. The van der Waals surface area contributed by atoms with Crippen LogP contribution >= 0.6 is 0 Å². The molecule has 0 aliphatic carbocycles. The lowest BCUT2D eigenvalue weighted by Crippen LogP contribution is -2.32. The predicted octanol–water partition coefficient (Wildman–Crippen LogP) is 2.98. The minimum absolute atomic E-state index is 0.112. The molecule has 112 valence electrons. The number of carboxylic acid groups (broad SMARTS) is 1. The summed E-state index contributed by atoms with van der Waals surface area (Å²) in [5, 5.41) is 20.5. The van der Waals surface area contributed by atoms with Crippen molar-refractivity contribution >= 4 is 11.7 Å². The van der Waals surface area contributed by atoms with Crippen molar-refractivity contribution in [2.24, 2.45) is 0 Å². The maximum Gasteiger partial charge on any atom is 0.417 e. The molecule has 1 rings (SSSR count). The number of aliphatic hydroxyl groups is 1. The van der Waals surface area contributed by atoms with Gasteiger partial charge in [0, 0.05) is 17.8 Å². The zero-order valence-electron chi connectivity index (χ0n) is 11.1. The molecule has 0 spiro atoms. The zero-order chi connectivity index (χ0) is 15.6. The van der Waals surface area contributed by atoms with E-state index in [2.05, 4.69) is 5.32 Å². The Morgan fingerprint density at radius 2 is 1.90 bits per heavy atom. The normalized spacial score (nSPS) is 12.3. The molecule has 20 heavy (non-hydrogen) atoms. The highest BCUT2D eigenvalue weighted by Gasteiger charge is 2.35. The maximum atomic E-state index is 12.8. The molecule has 0 aliphatic rings. The molecule has 0 saturated heterocycles. The summed E-state index contributed by atoms with van der Waals surface area (Å²) in [6, 6.07) is 2.96. The quantitative estimate of drug-likeness (QED) is 0.780. The number of nitrogens with one attached hydrogen (secondary N) is 1. The molecule has 0 heterocycles. The van der Waals surface area contributed by atoms with Crippen LogP contribution in [0.4, 0.5) is 18.9 Å². The highest BCUT2D eigenvalue weighted by Crippen LogP contribution is 2.34. The van der Waals surface area contributed by atoms with Crippen molar-refractivity contribution in [3.8, 4) is 0 Å². The van der Waals surface area contributed by atoms with Crippen molar-refractivity contribution in [2.45, 2.75) is 32.0 Å². The van der Waals surface area contributed by atoms with Gasteiger partial charge < -0.3 is 15.5 Å². The van der Waals surface area contributed by atoms with E-state index in [0.29, 0.717) is 6.42 Å². The molecule has 1 aromatic carbocycles. The number of hydrogen-bond donors (Lipinski definition) is 3. The van der Waals surface area contributed by atoms with Crippen LogP contribution in [0.2, 0.25) is 0 Å². The number of alkyl halides is 3. The highest BCUT2D eigenvalue weighted by molar-refractivity contribution is 5.90. The molecule has 7 heteroatoms. The maximum absolute atomic E-state index is 12.8. The first-order valence-electron chi connectivity index (χ1n) is 5.90. The fourth-order valence-corrected chi connectivity index (χ4v) is 1.78. The van der Waals surface area contributed by atoms with E-state index < -0.39 is 28.8 Å². The summed E-state index contributed by atoms with van der Waals surface area (Å²) in [4.78, 5) is 10.8. The van der Waals surface area contributed by atoms with E-state index in [1.165, 1.54) is 6.07 Å². The molecule has 0 bridgehead atoms. The van der Waals surface area contributed by atoms with E-state index in [0.717, 1.165) is 12.1 Å². The Morgan fingerprint density at radius 1 is 1.30 bits per heavy atom. The zero-order valence-corrected chi connectivity index (χ0v) is 11.1. The van der Waals surface area contributed by atoms with E-state index in [9.17, 15) is 18.0 Å². The SMILES string of the molecule is CC(C)(CCO)Nc1ccc(C(=O)O)c(C(F)(F)F)c1. The van der Waals surface area contributed by atoms with Gasteiger partial charge in [-0.15, -0.1) is 0 Å². The van der Waals surface area contributed by atoms with Gasteiger partial charge in [0.25, 0.3) is 0 Å². The van der Waals surface area contributed by atoms with Crippen LogP contribution in [0.15, 0.2) is 18.2 Å². The Morgan fingerprint density at radius 3 is 2.35 bits per heavy atom. The standard InChI is InChI=1S/C13H16F3NO3/c1-12(2,5-6-18)17-8-3-4-9(11(19)20)10(7-8)13(14,15)16/h3-4,7,17-18H,5-6H2,1-2H3,(H,19,20). The molecule has 0 amide bonds. The average molecular weight is 291 g/mol. The topological polar surface area (TPSA) is 69.6 Å². The number of aliphatic hydroxyl groups excluding tert-OH is 1. The number of carbonyl (C=O) groups is 1. The highest BCUT2D eigenvalue weighted by atomic mass is 19.4. The summed E-state index contributed by atoms with van der Waals surface area (Å²) in [5.41, 5.74) is -2.44. The summed E-state index contributed by atoms with van der Waals surface area (Å²) < 4.78 is 38.5. The molecule has 0 radical (unpaired) electrons. The van der Waals surface area contributed by atoms with E-state index in [-0.39, 0.29) is 12.3 Å². The molecule has 0 aromatic heterocycles. The van der Waals surface area contributed by atoms with Crippen LogP contribution in [0.3, 0.4) is 0 Å². The first-order valence-corrected chi connectivity index (χ1v) is 5.90. The third-order valence-electron chi connectivity index (χ3n) is 2.77. The first-order chi connectivity index (χ1) is 9.07.